The zero-order chi connectivity index (χ0) is 30.9. The summed E-state index contributed by atoms with van der Waals surface area (Å²) in [6, 6.07) is 14.2. The first-order valence-corrected chi connectivity index (χ1v) is 15.9. The first kappa shape index (κ1) is 28.9. The summed E-state index contributed by atoms with van der Waals surface area (Å²) in [5.74, 6) is 2.77. The van der Waals surface area contributed by atoms with Crippen LogP contribution in [-0.2, 0) is 0 Å². The molecule has 45 heavy (non-hydrogen) atoms. The molecule has 232 valence electrons. The summed E-state index contributed by atoms with van der Waals surface area (Å²) in [5.41, 5.74) is 4.35. The maximum absolute atomic E-state index is 11.2. The molecule has 2 aromatic carbocycles. The predicted molar refractivity (Wildman–Crippen MR) is 178 cm³/mol. The molecule has 0 radical (unpaired) electrons. The number of nitro benzene ring substituents is 1. The van der Waals surface area contributed by atoms with Crippen LogP contribution >= 0.6 is 12.2 Å². The van der Waals surface area contributed by atoms with E-state index in [0.29, 0.717) is 11.1 Å². The molecule has 0 spiro atoms. The Kier molecular flexibility index (Phi) is 7.88. The SMILES string of the molecule is Cc1nn(-c2ccc(Nc3nc(N4CCCCC4)nc(N4CCCCC4)n3)cc2)c2c1C(c1ccc([N+](=O)[O-])cc1)NC(=S)N2. The van der Waals surface area contributed by atoms with Crippen LogP contribution in [0.4, 0.5) is 35.0 Å². The van der Waals surface area contributed by atoms with E-state index in [1.165, 1.54) is 25.0 Å². The van der Waals surface area contributed by atoms with Gasteiger partial charge in [-0.3, -0.25) is 10.1 Å². The lowest BCUT2D eigenvalue weighted by Gasteiger charge is -2.30. The van der Waals surface area contributed by atoms with E-state index in [-0.39, 0.29) is 11.7 Å². The smallest absolute Gasteiger partial charge is 0.269 e. The third kappa shape index (κ3) is 5.97. The minimum Gasteiger partial charge on any atom is -0.351 e. The largest absolute Gasteiger partial charge is 0.351 e. The number of nitrogens with one attached hydrogen (secondary N) is 3. The zero-order valence-corrected chi connectivity index (χ0v) is 25.9. The molecule has 4 aromatic rings. The molecule has 13 nitrogen and oxygen atoms in total. The molecule has 3 N–H and O–H groups in total. The summed E-state index contributed by atoms with van der Waals surface area (Å²) >= 11 is 5.55. The molecule has 0 aliphatic carbocycles. The molecule has 1 atom stereocenters. The van der Waals surface area contributed by atoms with Crippen LogP contribution in [0.25, 0.3) is 5.69 Å². The van der Waals surface area contributed by atoms with Gasteiger partial charge in [-0.05, 0) is 99.6 Å². The average Bonchev–Trinajstić information content (AvgIpc) is 3.41. The van der Waals surface area contributed by atoms with Crippen LogP contribution in [0.1, 0.15) is 61.4 Å². The minimum absolute atomic E-state index is 0.0409. The van der Waals surface area contributed by atoms with Crippen molar-refractivity contribution in [2.24, 2.45) is 0 Å². The van der Waals surface area contributed by atoms with Crippen LogP contribution in [0.3, 0.4) is 0 Å². The van der Waals surface area contributed by atoms with E-state index in [0.717, 1.165) is 97.8 Å². The molecule has 7 rings (SSSR count). The predicted octanol–water partition coefficient (Wildman–Crippen LogP) is 5.39. The van der Waals surface area contributed by atoms with Gasteiger partial charge in [0.1, 0.15) is 5.82 Å². The zero-order valence-electron chi connectivity index (χ0n) is 25.1. The average molecular weight is 626 g/mol. The Morgan fingerprint density at radius 1 is 0.867 bits per heavy atom. The van der Waals surface area contributed by atoms with Crippen molar-refractivity contribution in [1.82, 2.24) is 30.0 Å². The molecule has 2 aromatic heterocycles. The Morgan fingerprint density at radius 3 is 2.04 bits per heavy atom. The topological polar surface area (TPSA) is 142 Å². The monoisotopic (exact) mass is 625 g/mol. The number of benzene rings is 2. The highest BCUT2D eigenvalue weighted by Crippen LogP contribution is 2.36. The fraction of sp³-hybridized carbons (Fsp3) is 0.387. The van der Waals surface area contributed by atoms with E-state index in [9.17, 15) is 10.1 Å². The molecule has 1 unspecified atom stereocenters. The van der Waals surface area contributed by atoms with Crippen LogP contribution in [0.15, 0.2) is 48.5 Å². The number of nitrogens with zero attached hydrogens (tertiary/aromatic N) is 8. The molecule has 5 heterocycles. The highest BCUT2D eigenvalue weighted by atomic mass is 32.1. The Balaban J connectivity index is 1.16. The second-order valence-electron chi connectivity index (χ2n) is 11.7. The molecule has 14 heteroatoms. The van der Waals surface area contributed by atoms with Crippen molar-refractivity contribution in [3.63, 3.8) is 0 Å². The summed E-state index contributed by atoms with van der Waals surface area (Å²) in [6.45, 7) is 5.79. The summed E-state index contributed by atoms with van der Waals surface area (Å²) in [7, 11) is 0. The molecule has 2 saturated heterocycles. The van der Waals surface area contributed by atoms with Crippen LogP contribution < -0.4 is 25.8 Å². The summed E-state index contributed by atoms with van der Waals surface area (Å²) in [6.07, 6.45) is 7.08. The van der Waals surface area contributed by atoms with Gasteiger partial charge in [0.2, 0.25) is 17.8 Å². The molecule has 3 aliphatic rings. The highest BCUT2D eigenvalue weighted by molar-refractivity contribution is 7.80. The maximum atomic E-state index is 11.2. The van der Waals surface area contributed by atoms with Crippen molar-refractivity contribution >= 4 is 52.4 Å². The van der Waals surface area contributed by atoms with Crippen LogP contribution in [0, 0.1) is 17.0 Å². The van der Waals surface area contributed by atoms with E-state index >= 15 is 0 Å². The third-order valence-electron chi connectivity index (χ3n) is 8.60. The molecule has 3 aliphatic heterocycles. The van der Waals surface area contributed by atoms with Crippen molar-refractivity contribution in [1.29, 1.82) is 0 Å². The quantitative estimate of drug-likeness (QED) is 0.138. The van der Waals surface area contributed by atoms with Crippen molar-refractivity contribution in [3.05, 3.63) is 75.5 Å². The summed E-state index contributed by atoms with van der Waals surface area (Å²) in [4.78, 5) is 29.9. The standard InChI is InChI=1S/C31H35N11O2S/c1-20-25-26(21-8-12-24(13-9-21)42(43)44)33-31(45)34-27(25)41(38-20)23-14-10-22(11-15-23)32-28-35-29(39-16-4-2-5-17-39)37-30(36-28)40-18-6-3-7-19-40/h8-15,26H,2-7,16-19H2,1H3,(H2,33,34,45)(H,32,35,36,37). The number of anilines is 5. The lowest BCUT2D eigenvalue weighted by atomic mass is 9.97. The van der Waals surface area contributed by atoms with Gasteiger partial charge in [-0.25, -0.2) is 4.68 Å². The second kappa shape index (κ2) is 12.3. The second-order valence-corrected chi connectivity index (χ2v) is 12.1. The Labute approximate surface area is 266 Å². The Morgan fingerprint density at radius 2 is 1.47 bits per heavy atom. The van der Waals surface area contributed by atoms with E-state index in [4.69, 9.17) is 32.3 Å². The Bertz CT molecular complexity index is 1680. The number of piperidine rings is 2. The van der Waals surface area contributed by atoms with Gasteiger partial charge in [0, 0.05) is 49.6 Å². The van der Waals surface area contributed by atoms with Crippen LogP contribution in [0.5, 0.6) is 0 Å². The first-order chi connectivity index (χ1) is 21.9. The fourth-order valence-electron chi connectivity index (χ4n) is 6.27. The molecule has 2 fully saturated rings. The van der Waals surface area contributed by atoms with Crippen LogP contribution in [-0.4, -0.2) is 60.9 Å². The number of non-ortho nitro benzene ring substituents is 1. The normalized spacial score (nSPS) is 18.2. The van der Waals surface area contributed by atoms with E-state index in [2.05, 4.69) is 25.8 Å². The first-order valence-electron chi connectivity index (χ1n) is 15.5. The Hall–Kier alpha value is -4.85. The number of fused-ring (bicyclic) bond motifs is 1. The third-order valence-corrected chi connectivity index (χ3v) is 8.82. The van der Waals surface area contributed by atoms with E-state index < -0.39 is 4.92 Å². The molecular weight excluding hydrogens is 590 g/mol. The number of hydrogen-bond donors (Lipinski definition) is 3. The lowest BCUT2D eigenvalue weighted by molar-refractivity contribution is -0.384. The van der Waals surface area contributed by atoms with Gasteiger partial charge in [0.05, 0.1) is 22.3 Å². The van der Waals surface area contributed by atoms with Gasteiger partial charge in [0.15, 0.2) is 5.11 Å². The summed E-state index contributed by atoms with van der Waals surface area (Å²) < 4.78 is 1.84. The van der Waals surface area contributed by atoms with Gasteiger partial charge in [-0.2, -0.15) is 20.1 Å². The molecule has 0 bridgehead atoms. The molecular formula is C31H35N11O2S. The van der Waals surface area contributed by atoms with Crippen LogP contribution in [0.2, 0.25) is 0 Å². The number of aryl methyl sites for hydroxylation is 1. The van der Waals surface area contributed by atoms with Gasteiger partial charge in [0.25, 0.3) is 5.69 Å². The maximum Gasteiger partial charge on any atom is 0.269 e. The fourth-order valence-corrected chi connectivity index (χ4v) is 6.49. The van der Waals surface area contributed by atoms with Crippen molar-refractivity contribution in [2.45, 2.75) is 51.5 Å². The number of rotatable bonds is 7. The van der Waals surface area contributed by atoms with Gasteiger partial charge >= 0.3 is 0 Å². The van der Waals surface area contributed by atoms with E-state index in [1.54, 1.807) is 12.1 Å². The number of nitro groups is 1. The van der Waals surface area contributed by atoms with Gasteiger partial charge in [-0.15, -0.1) is 0 Å². The van der Waals surface area contributed by atoms with Crippen molar-refractivity contribution in [2.75, 3.05) is 46.6 Å². The molecule has 0 amide bonds. The number of hydrogen-bond acceptors (Lipinski definition) is 10. The van der Waals surface area contributed by atoms with Crippen molar-refractivity contribution < 1.29 is 4.92 Å². The van der Waals surface area contributed by atoms with Gasteiger partial charge in [-0.1, -0.05) is 0 Å². The lowest BCUT2D eigenvalue weighted by Crippen LogP contribution is -2.38. The summed E-state index contributed by atoms with van der Waals surface area (Å²) in [5, 5.41) is 26.4. The van der Waals surface area contributed by atoms with Gasteiger partial charge < -0.3 is 25.8 Å². The van der Waals surface area contributed by atoms with Crippen molar-refractivity contribution in [3.8, 4) is 5.69 Å². The number of aromatic nitrogens is 5. The molecule has 0 saturated carbocycles. The highest BCUT2D eigenvalue weighted by Gasteiger charge is 2.31. The number of thiocarbonyl (C=S) groups is 1. The van der Waals surface area contributed by atoms with E-state index in [1.807, 2.05) is 35.9 Å². The minimum atomic E-state index is -0.403.